The molecule has 154 valence electrons. The Labute approximate surface area is 171 Å². The van der Waals surface area contributed by atoms with Crippen LogP contribution in [0.3, 0.4) is 0 Å². The number of likely N-dealkylation sites (tertiary alicyclic amines) is 1. The number of hydrogen-bond donors (Lipinski definition) is 2. The Morgan fingerprint density at radius 3 is 2.62 bits per heavy atom. The minimum absolute atomic E-state index is 0.0152. The smallest absolute Gasteiger partial charge is 0.227 e. The predicted octanol–water partition coefficient (Wildman–Crippen LogP) is 1.28. The van der Waals surface area contributed by atoms with E-state index in [0.29, 0.717) is 26.2 Å². The van der Waals surface area contributed by atoms with Crippen LogP contribution in [-0.2, 0) is 23.2 Å². The molecular formula is C22H29N5O2. The van der Waals surface area contributed by atoms with E-state index < -0.39 is 0 Å². The van der Waals surface area contributed by atoms with Crippen LogP contribution in [0, 0.1) is 11.8 Å². The lowest BCUT2D eigenvalue weighted by atomic mass is 9.88. The third kappa shape index (κ3) is 4.50. The maximum absolute atomic E-state index is 13.1. The molecule has 29 heavy (non-hydrogen) atoms. The van der Waals surface area contributed by atoms with Gasteiger partial charge in [0, 0.05) is 57.8 Å². The van der Waals surface area contributed by atoms with Crippen molar-refractivity contribution in [2.24, 2.45) is 18.9 Å². The highest BCUT2D eigenvalue weighted by molar-refractivity contribution is 5.82. The van der Waals surface area contributed by atoms with Crippen LogP contribution < -0.4 is 10.6 Å². The number of carbonyl (C=O) groups is 2. The van der Waals surface area contributed by atoms with E-state index in [1.807, 2.05) is 54.7 Å². The second kappa shape index (κ2) is 8.78. The van der Waals surface area contributed by atoms with Crippen LogP contribution in [0.25, 0.3) is 0 Å². The monoisotopic (exact) mass is 395 g/mol. The molecule has 2 amide bonds. The van der Waals surface area contributed by atoms with E-state index in [9.17, 15) is 9.59 Å². The molecule has 3 heterocycles. The number of nitrogens with one attached hydrogen (secondary N) is 2. The fourth-order valence-electron chi connectivity index (χ4n) is 4.45. The van der Waals surface area contributed by atoms with E-state index in [2.05, 4.69) is 15.7 Å². The molecule has 0 aliphatic carbocycles. The number of amides is 2. The van der Waals surface area contributed by atoms with Crippen LogP contribution in [-0.4, -0.2) is 52.7 Å². The Hall–Kier alpha value is -2.67. The van der Waals surface area contributed by atoms with Crippen LogP contribution in [0.15, 0.2) is 42.7 Å². The molecule has 4 rings (SSSR count). The minimum atomic E-state index is -0.0531. The van der Waals surface area contributed by atoms with Crippen LogP contribution in [0.4, 0.5) is 0 Å². The summed E-state index contributed by atoms with van der Waals surface area (Å²) in [5.74, 6) is 0.396. The lowest BCUT2D eigenvalue weighted by Gasteiger charge is -2.34. The van der Waals surface area contributed by atoms with Gasteiger partial charge in [-0.25, -0.2) is 0 Å². The molecule has 2 aromatic rings. The number of hydrogen-bond acceptors (Lipinski definition) is 4. The molecule has 0 saturated carbocycles. The van der Waals surface area contributed by atoms with Crippen molar-refractivity contribution in [3.05, 3.63) is 53.9 Å². The first kappa shape index (κ1) is 19.6. The fraction of sp³-hybridized carbons (Fsp3) is 0.500. The molecule has 0 spiro atoms. The van der Waals surface area contributed by atoms with Gasteiger partial charge in [0.1, 0.15) is 0 Å². The number of nitrogens with zero attached hydrogens (tertiary/aromatic N) is 3. The third-order valence-corrected chi connectivity index (χ3v) is 6.17. The van der Waals surface area contributed by atoms with Crippen LogP contribution in [0.5, 0.6) is 0 Å². The zero-order chi connectivity index (χ0) is 20.2. The van der Waals surface area contributed by atoms with E-state index in [4.69, 9.17) is 0 Å². The summed E-state index contributed by atoms with van der Waals surface area (Å²) in [6.07, 6.45) is 5.32. The van der Waals surface area contributed by atoms with Crippen molar-refractivity contribution >= 4 is 11.8 Å². The Morgan fingerprint density at radius 2 is 1.93 bits per heavy atom. The molecule has 0 bridgehead atoms. The Morgan fingerprint density at radius 1 is 1.17 bits per heavy atom. The van der Waals surface area contributed by atoms with E-state index in [0.717, 1.165) is 30.5 Å². The van der Waals surface area contributed by atoms with Crippen molar-refractivity contribution in [2.75, 3.05) is 26.2 Å². The molecule has 2 fully saturated rings. The first-order valence-electron chi connectivity index (χ1n) is 10.4. The van der Waals surface area contributed by atoms with E-state index in [1.165, 1.54) is 0 Å². The van der Waals surface area contributed by atoms with E-state index in [-0.39, 0.29) is 29.6 Å². The van der Waals surface area contributed by atoms with Gasteiger partial charge >= 0.3 is 0 Å². The fourth-order valence-corrected chi connectivity index (χ4v) is 4.45. The zero-order valence-electron chi connectivity index (χ0n) is 16.9. The number of rotatable bonds is 5. The molecule has 1 aromatic heterocycles. The van der Waals surface area contributed by atoms with E-state index >= 15 is 0 Å². The number of carbonyl (C=O) groups excluding carboxylic acids is 2. The van der Waals surface area contributed by atoms with Crippen molar-refractivity contribution in [2.45, 2.75) is 25.3 Å². The molecule has 1 aromatic carbocycles. The SMILES string of the molecule is Cn1cc([C@H]2CNC[C@@H]2C(=O)N2CCC(C(=O)NCc3ccccc3)CC2)cn1. The Kier molecular flexibility index (Phi) is 5.94. The summed E-state index contributed by atoms with van der Waals surface area (Å²) in [4.78, 5) is 27.6. The van der Waals surface area contributed by atoms with Crippen molar-refractivity contribution < 1.29 is 9.59 Å². The van der Waals surface area contributed by atoms with Crippen molar-refractivity contribution in [3.63, 3.8) is 0 Å². The number of benzene rings is 1. The largest absolute Gasteiger partial charge is 0.352 e. The lowest BCUT2D eigenvalue weighted by Crippen LogP contribution is -2.46. The molecular weight excluding hydrogens is 366 g/mol. The summed E-state index contributed by atoms with van der Waals surface area (Å²) in [6, 6.07) is 9.94. The maximum Gasteiger partial charge on any atom is 0.227 e. The van der Waals surface area contributed by atoms with Crippen molar-refractivity contribution in [3.8, 4) is 0 Å². The molecule has 2 N–H and O–H groups in total. The highest BCUT2D eigenvalue weighted by Gasteiger charge is 2.38. The summed E-state index contributed by atoms with van der Waals surface area (Å²) in [7, 11) is 1.90. The summed E-state index contributed by atoms with van der Waals surface area (Å²) in [5, 5.41) is 10.7. The molecule has 7 nitrogen and oxygen atoms in total. The summed E-state index contributed by atoms with van der Waals surface area (Å²) in [6.45, 7) is 3.37. The molecule has 2 saturated heterocycles. The highest BCUT2D eigenvalue weighted by Crippen LogP contribution is 2.30. The van der Waals surface area contributed by atoms with Crippen molar-refractivity contribution in [1.82, 2.24) is 25.3 Å². The first-order chi connectivity index (χ1) is 14.1. The number of aromatic nitrogens is 2. The van der Waals surface area contributed by atoms with E-state index in [1.54, 1.807) is 4.68 Å². The summed E-state index contributed by atoms with van der Waals surface area (Å²) < 4.78 is 1.79. The normalized spacial score (nSPS) is 22.6. The van der Waals surface area contributed by atoms with Crippen LogP contribution in [0.1, 0.15) is 29.9 Å². The Balaban J connectivity index is 1.28. The second-order valence-corrected chi connectivity index (χ2v) is 8.12. The van der Waals surface area contributed by atoms with Gasteiger partial charge in [0.05, 0.1) is 12.1 Å². The van der Waals surface area contributed by atoms with Crippen LogP contribution in [0.2, 0.25) is 0 Å². The zero-order valence-corrected chi connectivity index (χ0v) is 16.9. The quantitative estimate of drug-likeness (QED) is 0.799. The van der Waals surface area contributed by atoms with Crippen molar-refractivity contribution in [1.29, 1.82) is 0 Å². The minimum Gasteiger partial charge on any atom is -0.352 e. The average molecular weight is 396 g/mol. The molecule has 0 unspecified atom stereocenters. The van der Waals surface area contributed by atoms with Gasteiger partial charge in [0.25, 0.3) is 0 Å². The Bertz CT molecular complexity index is 842. The van der Waals surface area contributed by atoms with Gasteiger partial charge in [0.2, 0.25) is 11.8 Å². The van der Waals surface area contributed by atoms with Gasteiger partial charge in [-0.05, 0) is 24.0 Å². The van der Waals surface area contributed by atoms with Gasteiger partial charge in [-0.1, -0.05) is 30.3 Å². The van der Waals surface area contributed by atoms with Gasteiger partial charge in [-0.2, -0.15) is 5.10 Å². The lowest BCUT2D eigenvalue weighted by molar-refractivity contribution is -0.139. The summed E-state index contributed by atoms with van der Waals surface area (Å²) in [5.41, 5.74) is 2.22. The van der Waals surface area contributed by atoms with Gasteiger partial charge in [-0.15, -0.1) is 0 Å². The molecule has 2 atom stereocenters. The standard InChI is InChI=1S/C22H29N5O2/c1-26-15-18(12-25-26)19-13-23-14-20(19)22(29)27-9-7-17(8-10-27)21(28)24-11-16-5-3-2-4-6-16/h2-6,12,15,17,19-20,23H,7-11,13-14H2,1H3,(H,24,28)/t19-,20+/m1/s1. The molecule has 2 aliphatic heterocycles. The maximum atomic E-state index is 13.1. The highest BCUT2D eigenvalue weighted by atomic mass is 16.2. The molecule has 0 radical (unpaired) electrons. The third-order valence-electron chi connectivity index (χ3n) is 6.17. The van der Waals surface area contributed by atoms with Crippen LogP contribution >= 0.6 is 0 Å². The van der Waals surface area contributed by atoms with Gasteiger partial charge in [-0.3, -0.25) is 14.3 Å². The molecule has 7 heteroatoms. The topological polar surface area (TPSA) is 79.3 Å². The summed E-state index contributed by atoms with van der Waals surface area (Å²) >= 11 is 0. The first-order valence-corrected chi connectivity index (χ1v) is 10.4. The average Bonchev–Trinajstić information content (AvgIpc) is 3.41. The van der Waals surface area contributed by atoms with Gasteiger partial charge in [0.15, 0.2) is 0 Å². The number of aryl methyl sites for hydroxylation is 1. The predicted molar refractivity (Wildman–Crippen MR) is 110 cm³/mol. The van der Waals surface area contributed by atoms with Gasteiger partial charge < -0.3 is 15.5 Å². The number of piperidine rings is 1. The molecule has 2 aliphatic rings. The second-order valence-electron chi connectivity index (χ2n) is 8.12.